The Bertz CT molecular complexity index is 749. The van der Waals surface area contributed by atoms with Gasteiger partial charge in [0, 0.05) is 39.3 Å². The number of carbonyl (C=O) groups is 1. The van der Waals surface area contributed by atoms with Gasteiger partial charge in [0.15, 0.2) is 0 Å². The lowest BCUT2D eigenvalue weighted by Crippen LogP contribution is -2.52. The Morgan fingerprint density at radius 3 is 2.27 bits per heavy atom. The molecule has 2 saturated heterocycles. The van der Waals surface area contributed by atoms with Gasteiger partial charge in [0.2, 0.25) is 15.9 Å². The normalized spacial score (nSPS) is 20.3. The van der Waals surface area contributed by atoms with E-state index in [-0.39, 0.29) is 5.91 Å². The second-order valence-corrected chi connectivity index (χ2v) is 9.30. The number of amides is 1. The van der Waals surface area contributed by atoms with Crippen molar-refractivity contribution in [3.05, 3.63) is 29.3 Å². The van der Waals surface area contributed by atoms with Gasteiger partial charge in [-0.1, -0.05) is 12.1 Å². The molecular weight excluding hydrogens is 350 g/mol. The lowest BCUT2D eigenvalue weighted by molar-refractivity contribution is -0.133. The third-order valence-electron chi connectivity index (χ3n) is 5.36. The molecule has 1 aromatic rings. The maximum absolute atomic E-state index is 13.0. The number of piperazine rings is 1. The summed E-state index contributed by atoms with van der Waals surface area (Å²) in [5, 5.41) is 0. The Morgan fingerprint density at radius 1 is 0.962 bits per heavy atom. The van der Waals surface area contributed by atoms with E-state index in [0.29, 0.717) is 37.6 Å². The molecule has 0 unspecified atom stereocenters. The first-order valence-corrected chi connectivity index (χ1v) is 10.9. The van der Waals surface area contributed by atoms with Crippen LogP contribution in [0.4, 0.5) is 0 Å². The Balaban J connectivity index is 1.59. The van der Waals surface area contributed by atoms with Crippen molar-refractivity contribution in [1.82, 2.24) is 14.1 Å². The molecule has 2 heterocycles. The average Bonchev–Trinajstić information content (AvgIpc) is 2.65. The van der Waals surface area contributed by atoms with Gasteiger partial charge in [-0.15, -0.1) is 0 Å². The molecule has 0 N–H and O–H groups in total. The number of hydrogen-bond donors (Lipinski definition) is 0. The van der Waals surface area contributed by atoms with Gasteiger partial charge in [-0.2, -0.15) is 4.31 Å². The van der Waals surface area contributed by atoms with E-state index in [4.69, 9.17) is 0 Å². The van der Waals surface area contributed by atoms with Gasteiger partial charge in [-0.05, 0) is 50.3 Å². The molecule has 0 atom stereocenters. The van der Waals surface area contributed by atoms with Crippen LogP contribution in [-0.4, -0.2) is 74.2 Å². The molecule has 6 nitrogen and oxygen atoms in total. The van der Waals surface area contributed by atoms with Crippen LogP contribution >= 0.6 is 0 Å². The number of rotatable bonds is 4. The lowest BCUT2D eigenvalue weighted by Gasteiger charge is -2.35. The molecule has 1 amide bonds. The summed E-state index contributed by atoms with van der Waals surface area (Å²) in [6.45, 7) is 7.93. The summed E-state index contributed by atoms with van der Waals surface area (Å²) in [4.78, 5) is 16.8. The molecule has 0 aromatic heterocycles. The zero-order valence-corrected chi connectivity index (χ0v) is 16.6. The first-order valence-electron chi connectivity index (χ1n) is 9.45. The lowest BCUT2D eigenvalue weighted by atomic mass is 10.1. The van der Waals surface area contributed by atoms with E-state index in [1.165, 1.54) is 6.42 Å². The summed E-state index contributed by atoms with van der Waals surface area (Å²) in [5.41, 5.74) is 1.72. The van der Waals surface area contributed by atoms with E-state index < -0.39 is 10.0 Å². The third kappa shape index (κ3) is 4.27. The zero-order chi connectivity index (χ0) is 18.7. The first kappa shape index (κ1) is 19.3. The van der Waals surface area contributed by atoms with E-state index >= 15 is 0 Å². The van der Waals surface area contributed by atoms with Crippen molar-refractivity contribution in [3.8, 4) is 0 Å². The van der Waals surface area contributed by atoms with Crippen LogP contribution in [0, 0.1) is 13.8 Å². The Hall–Kier alpha value is -1.44. The van der Waals surface area contributed by atoms with Gasteiger partial charge >= 0.3 is 0 Å². The summed E-state index contributed by atoms with van der Waals surface area (Å²) >= 11 is 0. The highest BCUT2D eigenvalue weighted by Gasteiger charge is 2.30. The van der Waals surface area contributed by atoms with Gasteiger partial charge in [-0.3, -0.25) is 9.69 Å². The topological polar surface area (TPSA) is 60.9 Å². The van der Waals surface area contributed by atoms with Crippen molar-refractivity contribution in [1.29, 1.82) is 0 Å². The molecule has 26 heavy (non-hydrogen) atoms. The largest absolute Gasteiger partial charge is 0.342 e. The van der Waals surface area contributed by atoms with Gasteiger partial charge < -0.3 is 4.90 Å². The number of aryl methyl sites for hydroxylation is 2. The van der Waals surface area contributed by atoms with Crippen LogP contribution < -0.4 is 0 Å². The standard InChI is InChI=1S/C19H29N3O3S/c1-16-6-7-17(2)18(14-16)26(24,25)22-12-10-20(11-13-22)15-19(23)21-8-4-3-5-9-21/h6-7,14H,3-5,8-13,15H2,1-2H3. The van der Waals surface area contributed by atoms with Crippen LogP contribution in [0.1, 0.15) is 30.4 Å². The molecule has 0 spiro atoms. The van der Waals surface area contributed by atoms with Crippen LogP contribution in [0.3, 0.4) is 0 Å². The van der Waals surface area contributed by atoms with Crippen LogP contribution in [0.2, 0.25) is 0 Å². The smallest absolute Gasteiger partial charge is 0.243 e. The highest BCUT2D eigenvalue weighted by molar-refractivity contribution is 7.89. The number of piperidine rings is 1. The SMILES string of the molecule is Cc1ccc(C)c(S(=O)(=O)N2CCN(CC(=O)N3CCCCC3)CC2)c1. The Labute approximate surface area is 156 Å². The molecule has 0 saturated carbocycles. The van der Waals surface area contributed by atoms with E-state index in [9.17, 15) is 13.2 Å². The Morgan fingerprint density at radius 2 is 1.62 bits per heavy atom. The highest BCUT2D eigenvalue weighted by Crippen LogP contribution is 2.22. The second-order valence-electron chi connectivity index (χ2n) is 7.39. The minimum absolute atomic E-state index is 0.176. The molecule has 0 radical (unpaired) electrons. The molecular formula is C19H29N3O3S. The maximum atomic E-state index is 13.0. The molecule has 2 aliphatic rings. The second kappa shape index (κ2) is 8.06. The molecule has 2 aliphatic heterocycles. The fourth-order valence-electron chi connectivity index (χ4n) is 3.69. The van der Waals surface area contributed by atoms with E-state index in [0.717, 1.165) is 37.1 Å². The molecule has 0 bridgehead atoms. The minimum Gasteiger partial charge on any atom is -0.342 e. The number of hydrogen-bond acceptors (Lipinski definition) is 4. The van der Waals surface area contributed by atoms with Crippen molar-refractivity contribution in [2.24, 2.45) is 0 Å². The molecule has 3 rings (SSSR count). The van der Waals surface area contributed by atoms with Crippen LogP contribution in [0.25, 0.3) is 0 Å². The molecule has 7 heteroatoms. The van der Waals surface area contributed by atoms with Crippen LogP contribution in [-0.2, 0) is 14.8 Å². The summed E-state index contributed by atoms with van der Waals surface area (Å²) in [6, 6.07) is 5.53. The number of sulfonamides is 1. The van der Waals surface area contributed by atoms with Crippen molar-refractivity contribution < 1.29 is 13.2 Å². The predicted molar refractivity (Wildman–Crippen MR) is 102 cm³/mol. The van der Waals surface area contributed by atoms with Gasteiger partial charge in [0.05, 0.1) is 11.4 Å². The number of nitrogens with zero attached hydrogens (tertiary/aromatic N) is 3. The number of benzene rings is 1. The third-order valence-corrected chi connectivity index (χ3v) is 7.40. The predicted octanol–water partition coefficient (Wildman–Crippen LogP) is 1.62. The summed E-state index contributed by atoms with van der Waals surface area (Å²) in [6.07, 6.45) is 3.39. The molecule has 2 fully saturated rings. The Kier molecular flexibility index (Phi) is 5.99. The number of likely N-dealkylation sites (tertiary alicyclic amines) is 1. The monoisotopic (exact) mass is 379 g/mol. The molecule has 0 aliphatic carbocycles. The van der Waals surface area contributed by atoms with E-state index in [1.807, 2.05) is 30.9 Å². The summed E-state index contributed by atoms with van der Waals surface area (Å²) in [5.74, 6) is 0.176. The van der Waals surface area contributed by atoms with Crippen molar-refractivity contribution in [3.63, 3.8) is 0 Å². The summed E-state index contributed by atoms with van der Waals surface area (Å²) in [7, 11) is -3.48. The number of carbonyl (C=O) groups excluding carboxylic acids is 1. The summed E-state index contributed by atoms with van der Waals surface area (Å²) < 4.78 is 27.5. The minimum atomic E-state index is -3.48. The zero-order valence-electron chi connectivity index (χ0n) is 15.8. The molecule has 1 aromatic carbocycles. The highest BCUT2D eigenvalue weighted by atomic mass is 32.2. The van der Waals surface area contributed by atoms with Crippen molar-refractivity contribution >= 4 is 15.9 Å². The average molecular weight is 380 g/mol. The van der Waals surface area contributed by atoms with Crippen molar-refractivity contribution in [2.45, 2.75) is 38.0 Å². The fourth-order valence-corrected chi connectivity index (χ4v) is 5.42. The maximum Gasteiger partial charge on any atom is 0.243 e. The fraction of sp³-hybridized carbons (Fsp3) is 0.632. The first-order chi connectivity index (χ1) is 12.4. The van der Waals surface area contributed by atoms with E-state index in [1.54, 1.807) is 10.4 Å². The van der Waals surface area contributed by atoms with Crippen LogP contribution in [0.5, 0.6) is 0 Å². The van der Waals surface area contributed by atoms with E-state index in [2.05, 4.69) is 4.90 Å². The van der Waals surface area contributed by atoms with Gasteiger partial charge in [0.25, 0.3) is 0 Å². The quantitative estimate of drug-likeness (QED) is 0.798. The van der Waals surface area contributed by atoms with Gasteiger partial charge in [0.1, 0.15) is 0 Å². The molecule has 144 valence electrons. The van der Waals surface area contributed by atoms with Crippen molar-refractivity contribution in [2.75, 3.05) is 45.8 Å². The van der Waals surface area contributed by atoms with Gasteiger partial charge in [-0.25, -0.2) is 8.42 Å². The van der Waals surface area contributed by atoms with Crippen LogP contribution in [0.15, 0.2) is 23.1 Å².